The predicted octanol–water partition coefficient (Wildman–Crippen LogP) is 0.581. The van der Waals surface area contributed by atoms with E-state index < -0.39 is 0 Å². The number of hydrogen-bond donors (Lipinski definition) is 2. The molecule has 0 bridgehead atoms. The molecule has 2 N–H and O–H groups in total. The van der Waals surface area contributed by atoms with Gasteiger partial charge in [-0.05, 0) is 32.1 Å². The molecule has 2 heterocycles. The van der Waals surface area contributed by atoms with Gasteiger partial charge in [0, 0.05) is 19.1 Å². The summed E-state index contributed by atoms with van der Waals surface area (Å²) in [5, 5.41) is 12.5. The molecule has 1 unspecified atom stereocenters. The van der Waals surface area contributed by atoms with Crippen molar-refractivity contribution in [3.63, 3.8) is 0 Å². The van der Waals surface area contributed by atoms with Crippen molar-refractivity contribution >= 4 is 0 Å². The molecule has 15 heavy (non-hydrogen) atoms. The maximum atomic E-state index is 9.08. The Bertz CT molecular complexity index is 312. The molecule has 0 saturated carbocycles. The molecule has 1 fully saturated rings. The average molecular weight is 207 g/mol. The second-order valence-corrected chi connectivity index (χ2v) is 4.14. The van der Waals surface area contributed by atoms with E-state index in [-0.39, 0.29) is 5.75 Å². The number of rotatable bonds is 3. The summed E-state index contributed by atoms with van der Waals surface area (Å²) in [5.74, 6) is 0.222. The second-order valence-electron chi connectivity index (χ2n) is 4.14. The maximum absolute atomic E-state index is 9.08. The molecule has 82 valence electrons. The van der Waals surface area contributed by atoms with Gasteiger partial charge in [-0.3, -0.25) is 4.98 Å². The zero-order valence-electron chi connectivity index (χ0n) is 8.98. The van der Waals surface area contributed by atoms with Crippen LogP contribution in [0.1, 0.15) is 12.1 Å². The first kappa shape index (κ1) is 10.4. The topological polar surface area (TPSA) is 48.4 Å². The standard InChI is InChI=1S/C11H17N3O/c1-14-5-4-10(8-14)12-6-9-2-3-11(15)7-13-9/h2-3,7,10,12,15H,4-6,8H2,1H3. The molecule has 0 spiro atoms. The van der Waals surface area contributed by atoms with Gasteiger partial charge in [0.15, 0.2) is 0 Å². The van der Waals surface area contributed by atoms with Crippen LogP contribution < -0.4 is 5.32 Å². The van der Waals surface area contributed by atoms with Gasteiger partial charge in [0.2, 0.25) is 0 Å². The molecule has 0 radical (unpaired) electrons. The quantitative estimate of drug-likeness (QED) is 0.761. The van der Waals surface area contributed by atoms with E-state index in [1.165, 1.54) is 19.2 Å². The first-order valence-corrected chi connectivity index (χ1v) is 5.30. The molecule has 2 rings (SSSR count). The van der Waals surface area contributed by atoms with Crippen molar-refractivity contribution in [3.8, 4) is 5.75 Å². The molecule has 4 heteroatoms. The Morgan fingerprint density at radius 2 is 2.47 bits per heavy atom. The molecule has 1 aliphatic rings. The molecule has 0 amide bonds. The Labute approximate surface area is 89.9 Å². The highest BCUT2D eigenvalue weighted by Crippen LogP contribution is 2.08. The SMILES string of the molecule is CN1CCC(NCc2ccc(O)cn2)C1. The Kier molecular flexibility index (Phi) is 3.18. The van der Waals surface area contributed by atoms with Crippen LogP contribution in [0.15, 0.2) is 18.3 Å². The van der Waals surface area contributed by atoms with Gasteiger partial charge in [-0.15, -0.1) is 0 Å². The van der Waals surface area contributed by atoms with E-state index in [2.05, 4.69) is 22.2 Å². The largest absolute Gasteiger partial charge is 0.506 e. The molecule has 0 aromatic carbocycles. The highest BCUT2D eigenvalue weighted by molar-refractivity contribution is 5.17. The smallest absolute Gasteiger partial charge is 0.133 e. The Hall–Kier alpha value is -1.13. The molecule has 1 saturated heterocycles. The third kappa shape index (κ3) is 2.91. The third-order valence-electron chi connectivity index (χ3n) is 2.77. The minimum Gasteiger partial charge on any atom is -0.506 e. The summed E-state index contributed by atoms with van der Waals surface area (Å²) < 4.78 is 0. The first-order valence-electron chi connectivity index (χ1n) is 5.30. The number of likely N-dealkylation sites (tertiary alicyclic amines) is 1. The molecule has 1 aromatic rings. The lowest BCUT2D eigenvalue weighted by atomic mass is 10.2. The van der Waals surface area contributed by atoms with Crippen LogP contribution in [0.5, 0.6) is 5.75 Å². The van der Waals surface area contributed by atoms with E-state index in [0.29, 0.717) is 6.04 Å². The van der Waals surface area contributed by atoms with E-state index in [0.717, 1.165) is 18.8 Å². The molecule has 0 aliphatic carbocycles. The normalized spacial score (nSPS) is 22.1. The zero-order chi connectivity index (χ0) is 10.7. The highest BCUT2D eigenvalue weighted by atomic mass is 16.3. The summed E-state index contributed by atoms with van der Waals surface area (Å²) in [4.78, 5) is 6.45. The minimum absolute atomic E-state index is 0.222. The van der Waals surface area contributed by atoms with E-state index in [1.807, 2.05) is 6.07 Å². The van der Waals surface area contributed by atoms with Gasteiger partial charge in [-0.1, -0.05) is 0 Å². The summed E-state index contributed by atoms with van der Waals surface area (Å²) in [6.45, 7) is 3.05. The molecular weight excluding hydrogens is 190 g/mol. The summed E-state index contributed by atoms with van der Waals surface area (Å²) in [6.07, 6.45) is 2.69. The minimum atomic E-state index is 0.222. The van der Waals surface area contributed by atoms with Gasteiger partial charge >= 0.3 is 0 Å². The van der Waals surface area contributed by atoms with Crippen LogP contribution in [0.25, 0.3) is 0 Å². The van der Waals surface area contributed by atoms with E-state index >= 15 is 0 Å². The number of likely N-dealkylation sites (N-methyl/N-ethyl adjacent to an activating group) is 1. The van der Waals surface area contributed by atoms with Gasteiger partial charge in [0.1, 0.15) is 5.75 Å². The fourth-order valence-corrected chi connectivity index (χ4v) is 1.87. The molecule has 1 aromatic heterocycles. The van der Waals surface area contributed by atoms with Crippen LogP contribution in [0.2, 0.25) is 0 Å². The van der Waals surface area contributed by atoms with Gasteiger partial charge in [-0.25, -0.2) is 0 Å². The Morgan fingerprint density at radius 3 is 3.07 bits per heavy atom. The third-order valence-corrected chi connectivity index (χ3v) is 2.77. The van der Waals surface area contributed by atoms with Crippen molar-refractivity contribution in [1.29, 1.82) is 0 Å². The van der Waals surface area contributed by atoms with Gasteiger partial charge in [0.05, 0.1) is 11.9 Å². The van der Waals surface area contributed by atoms with E-state index in [1.54, 1.807) is 6.07 Å². The molecule has 4 nitrogen and oxygen atoms in total. The fraction of sp³-hybridized carbons (Fsp3) is 0.545. The van der Waals surface area contributed by atoms with Crippen molar-refractivity contribution in [2.24, 2.45) is 0 Å². The Balaban J connectivity index is 1.80. The fourth-order valence-electron chi connectivity index (χ4n) is 1.87. The van der Waals surface area contributed by atoms with Gasteiger partial charge < -0.3 is 15.3 Å². The summed E-state index contributed by atoms with van der Waals surface area (Å²) >= 11 is 0. The lowest BCUT2D eigenvalue weighted by Crippen LogP contribution is -2.31. The van der Waals surface area contributed by atoms with Crippen molar-refractivity contribution in [1.82, 2.24) is 15.2 Å². The molecule has 1 aliphatic heterocycles. The Morgan fingerprint density at radius 1 is 1.60 bits per heavy atom. The van der Waals surface area contributed by atoms with Crippen LogP contribution in [0.4, 0.5) is 0 Å². The monoisotopic (exact) mass is 207 g/mol. The number of pyridine rings is 1. The summed E-state index contributed by atoms with van der Waals surface area (Å²) in [5.41, 5.74) is 0.974. The maximum Gasteiger partial charge on any atom is 0.133 e. The number of aromatic hydroxyl groups is 1. The summed E-state index contributed by atoms with van der Waals surface area (Å²) in [7, 11) is 2.14. The van der Waals surface area contributed by atoms with Crippen molar-refractivity contribution < 1.29 is 5.11 Å². The average Bonchev–Trinajstić information content (AvgIpc) is 2.64. The summed E-state index contributed by atoms with van der Waals surface area (Å²) in [6, 6.07) is 4.09. The zero-order valence-corrected chi connectivity index (χ0v) is 8.98. The van der Waals surface area contributed by atoms with E-state index in [9.17, 15) is 0 Å². The molecule has 1 atom stereocenters. The van der Waals surface area contributed by atoms with Crippen LogP contribution >= 0.6 is 0 Å². The number of nitrogens with zero attached hydrogens (tertiary/aromatic N) is 2. The van der Waals surface area contributed by atoms with Crippen LogP contribution in [0.3, 0.4) is 0 Å². The highest BCUT2D eigenvalue weighted by Gasteiger charge is 2.18. The van der Waals surface area contributed by atoms with Crippen molar-refractivity contribution in [3.05, 3.63) is 24.0 Å². The lowest BCUT2D eigenvalue weighted by Gasteiger charge is -2.12. The first-order chi connectivity index (χ1) is 7.24. The lowest BCUT2D eigenvalue weighted by molar-refractivity contribution is 0.397. The van der Waals surface area contributed by atoms with Crippen LogP contribution in [-0.4, -0.2) is 41.2 Å². The van der Waals surface area contributed by atoms with Crippen molar-refractivity contribution in [2.75, 3.05) is 20.1 Å². The van der Waals surface area contributed by atoms with Crippen LogP contribution in [-0.2, 0) is 6.54 Å². The van der Waals surface area contributed by atoms with Gasteiger partial charge in [0.25, 0.3) is 0 Å². The number of hydrogen-bond acceptors (Lipinski definition) is 4. The number of aromatic nitrogens is 1. The van der Waals surface area contributed by atoms with E-state index in [4.69, 9.17) is 5.11 Å². The molecular formula is C11H17N3O. The second kappa shape index (κ2) is 4.59. The predicted molar refractivity (Wildman–Crippen MR) is 58.6 cm³/mol. The van der Waals surface area contributed by atoms with Crippen molar-refractivity contribution in [2.45, 2.75) is 19.0 Å². The number of nitrogens with one attached hydrogen (secondary N) is 1. The van der Waals surface area contributed by atoms with Crippen LogP contribution in [0, 0.1) is 0 Å². The van der Waals surface area contributed by atoms with Gasteiger partial charge in [-0.2, -0.15) is 0 Å².